The molecule has 0 spiro atoms. The Hall–Kier alpha value is -0.640. The van der Waals surface area contributed by atoms with Crippen LogP contribution >= 0.6 is 11.6 Å². The van der Waals surface area contributed by atoms with Gasteiger partial charge in [0.15, 0.2) is 0 Å². The molecule has 1 aliphatic rings. The Morgan fingerprint density at radius 2 is 2.47 bits per heavy atom. The van der Waals surface area contributed by atoms with Crippen molar-refractivity contribution in [2.24, 2.45) is 0 Å². The predicted octanol–water partition coefficient (Wildman–Crippen LogP) is 1.69. The van der Waals surface area contributed by atoms with Crippen LogP contribution < -0.4 is 0 Å². The molecule has 1 N–H and O–H groups in total. The van der Waals surface area contributed by atoms with E-state index in [0.717, 1.165) is 31.5 Å². The van der Waals surface area contributed by atoms with Crippen LogP contribution in [0.25, 0.3) is 0 Å². The second kappa shape index (κ2) is 4.92. The van der Waals surface area contributed by atoms with Crippen LogP contribution in [0.3, 0.4) is 0 Å². The number of halogens is 1. The van der Waals surface area contributed by atoms with Crippen molar-refractivity contribution in [3.8, 4) is 0 Å². The number of likely N-dealkylation sites (tertiary alicyclic amines) is 1. The van der Waals surface area contributed by atoms with Crippen LogP contribution in [-0.4, -0.2) is 34.2 Å². The fourth-order valence-electron chi connectivity index (χ4n) is 2.06. The highest BCUT2D eigenvalue weighted by atomic mass is 35.5. The van der Waals surface area contributed by atoms with Gasteiger partial charge in [-0.3, -0.25) is 9.88 Å². The number of hydrogen-bond donors (Lipinski definition) is 1. The SMILES string of the molecule is OCC1CCCN1Cc1ccncc1Cl. The third kappa shape index (κ3) is 2.48. The summed E-state index contributed by atoms with van der Waals surface area (Å²) in [7, 11) is 0. The van der Waals surface area contributed by atoms with Crippen molar-refractivity contribution in [1.82, 2.24) is 9.88 Å². The molecule has 2 rings (SSSR count). The molecule has 2 heterocycles. The van der Waals surface area contributed by atoms with Gasteiger partial charge in [-0.15, -0.1) is 0 Å². The van der Waals surface area contributed by atoms with Gasteiger partial charge in [0.05, 0.1) is 11.6 Å². The molecule has 1 aliphatic heterocycles. The summed E-state index contributed by atoms with van der Waals surface area (Å²) in [6, 6.07) is 2.24. The quantitative estimate of drug-likeness (QED) is 0.852. The van der Waals surface area contributed by atoms with Gasteiger partial charge in [0.2, 0.25) is 0 Å². The molecule has 1 aromatic heterocycles. The molecule has 0 saturated carbocycles. The zero-order chi connectivity index (χ0) is 10.7. The molecule has 82 valence electrons. The highest BCUT2D eigenvalue weighted by Gasteiger charge is 2.23. The first kappa shape index (κ1) is 10.9. The lowest BCUT2D eigenvalue weighted by molar-refractivity contribution is 0.153. The van der Waals surface area contributed by atoms with Crippen molar-refractivity contribution in [1.29, 1.82) is 0 Å². The molecule has 1 atom stereocenters. The van der Waals surface area contributed by atoms with E-state index in [9.17, 15) is 5.11 Å². The van der Waals surface area contributed by atoms with Gasteiger partial charge < -0.3 is 5.11 Å². The second-order valence-electron chi connectivity index (χ2n) is 3.92. The molecule has 0 radical (unpaired) electrons. The molecular weight excluding hydrogens is 212 g/mol. The highest BCUT2D eigenvalue weighted by molar-refractivity contribution is 6.31. The highest BCUT2D eigenvalue weighted by Crippen LogP contribution is 2.22. The number of aliphatic hydroxyl groups is 1. The van der Waals surface area contributed by atoms with Gasteiger partial charge in [0.25, 0.3) is 0 Å². The van der Waals surface area contributed by atoms with E-state index in [1.165, 1.54) is 0 Å². The molecule has 0 aliphatic carbocycles. The van der Waals surface area contributed by atoms with Crippen molar-refractivity contribution in [3.05, 3.63) is 29.0 Å². The lowest BCUT2D eigenvalue weighted by atomic mass is 10.2. The Labute approximate surface area is 94.7 Å². The monoisotopic (exact) mass is 226 g/mol. The first-order valence-corrected chi connectivity index (χ1v) is 5.62. The molecule has 1 unspecified atom stereocenters. The van der Waals surface area contributed by atoms with Gasteiger partial charge in [-0.05, 0) is 31.0 Å². The van der Waals surface area contributed by atoms with Crippen molar-refractivity contribution < 1.29 is 5.11 Å². The van der Waals surface area contributed by atoms with Crippen molar-refractivity contribution in [3.63, 3.8) is 0 Å². The normalized spacial score (nSPS) is 22.1. The summed E-state index contributed by atoms with van der Waals surface area (Å²) < 4.78 is 0. The molecule has 0 aromatic carbocycles. The van der Waals surface area contributed by atoms with Gasteiger partial charge >= 0.3 is 0 Å². The smallest absolute Gasteiger partial charge is 0.0634 e. The minimum atomic E-state index is 0.239. The number of hydrogen-bond acceptors (Lipinski definition) is 3. The Kier molecular flexibility index (Phi) is 3.57. The zero-order valence-corrected chi connectivity index (χ0v) is 9.32. The molecule has 1 aromatic rings. The number of aromatic nitrogens is 1. The third-order valence-electron chi connectivity index (χ3n) is 2.94. The minimum absolute atomic E-state index is 0.239. The summed E-state index contributed by atoms with van der Waals surface area (Å²) in [4.78, 5) is 6.24. The second-order valence-corrected chi connectivity index (χ2v) is 4.32. The maximum absolute atomic E-state index is 9.20. The van der Waals surface area contributed by atoms with Crippen LogP contribution in [0.2, 0.25) is 5.02 Å². The van der Waals surface area contributed by atoms with E-state index in [1.54, 1.807) is 12.4 Å². The molecule has 1 saturated heterocycles. The van der Waals surface area contributed by atoms with E-state index in [1.807, 2.05) is 6.07 Å². The van der Waals surface area contributed by atoms with Gasteiger partial charge in [-0.2, -0.15) is 0 Å². The Morgan fingerprint density at radius 3 is 3.20 bits per heavy atom. The summed E-state index contributed by atoms with van der Waals surface area (Å²) in [5, 5.41) is 9.91. The first-order chi connectivity index (χ1) is 7.31. The van der Waals surface area contributed by atoms with Gasteiger partial charge in [0, 0.05) is 25.0 Å². The van der Waals surface area contributed by atoms with Gasteiger partial charge in [0.1, 0.15) is 0 Å². The fourth-order valence-corrected chi connectivity index (χ4v) is 2.24. The average molecular weight is 227 g/mol. The van der Waals surface area contributed by atoms with E-state index >= 15 is 0 Å². The van der Waals surface area contributed by atoms with Gasteiger partial charge in [-0.1, -0.05) is 11.6 Å². The molecule has 15 heavy (non-hydrogen) atoms. The third-order valence-corrected chi connectivity index (χ3v) is 3.28. The Balaban J connectivity index is 2.05. The number of rotatable bonds is 3. The lowest BCUT2D eigenvalue weighted by Gasteiger charge is -2.22. The minimum Gasteiger partial charge on any atom is -0.395 e. The van der Waals surface area contributed by atoms with Crippen LogP contribution in [-0.2, 0) is 6.54 Å². The summed E-state index contributed by atoms with van der Waals surface area (Å²) >= 11 is 6.04. The molecule has 0 amide bonds. The summed E-state index contributed by atoms with van der Waals surface area (Å²) in [6.45, 7) is 2.10. The van der Waals surface area contributed by atoms with E-state index in [2.05, 4.69) is 9.88 Å². The molecule has 3 nitrogen and oxygen atoms in total. The maximum Gasteiger partial charge on any atom is 0.0634 e. The van der Waals surface area contributed by atoms with Crippen LogP contribution in [0.4, 0.5) is 0 Å². The van der Waals surface area contributed by atoms with E-state index in [0.29, 0.717) is 11.1 Å². The Morgan fingerprint density at radius 1 is 1.60 bits per heavy atom. The standard InChI is InChI=1S/C11H15ClN2O/c12-11-6-13-4-3-9(11)7-14-5-1-2-10(14)8-15/h3-4,6,10,15H,1-2,5,7-8H2. The van der Waals surface area contributed by atoms with Crippen molar-refractivity contribution >= 4 is 11.6 Å². The number of aliphatic hydroxyl groups excluding tert-OH is 1. The van der Waals surface area contributed by atoms with Crippen molar-refractivity contribution in [2.75, 3.05) is 13.2 Å². The topological polar surface area (TPSA) is 36.4 Å². The van der Waals surface area contributed by atoms with Crippen LogP contribution in [0.1, 0.15) is 18.4 Å². The number of nitrogens with zero attached hydrogens (tertiary/aromatic N) is 2. The van der Waals surface area contributed by atoms with Crippen LogP contribution in [0, 0.1) is 0 Å². The molecule has 1 fully saturated rings. The number of pyridine rings is 1. The largest absolute Gasteiger partial charge is 0.395 e. The first-order valence-electron chi connectivity index (χ1n) is 5.24. The van der Waals surface area contributed by atoms with Crippen LogP contribution in [0.15, 0.2) is 18.5 Å². The summed E-state index contributed by atoms with van der Waals surface area (Å²) in [5.41, 5.74) is 1.09. The molecule has 4 heteroatoms. The molecule has 0 bridgehead atoms. The predicted molar refractivity (Wildman–Crippen MR) is 59.8 cm³/mol. The maximum atomic E-state index is 9.20. The fraction of sp³-hybridized carbons (Fsp3) is 0.545. The van der Waals surface area contributed by atoms with Gasteiger partial charge in [-0.25, -0.2) is 0 Å². The summed E-state index contributed by atoms with van der Waals surface area (Å²) in [6.07, 6.45) is 5.67. The van der Waals surface area contributed by atoms with E-state index in [-0.39, 0.29) is 6.61 Å². The molecular formula is C11H15ClN2O. The van der Waals surface area contributed by atoms with E-state index in [4.69, 9.17) is 11.6 Å². The Bertz CT molecular complexity index is 332. The lowest BCUT2D eigenvalue weighted by Crippen LogP contribution is -2.31. The average Bonchev–Trinajstić information content (AvgIpc) is 2.69. The summed E-state index contributed by atoms with van der Waals surface area (Å²) in [5.74, 6) is 0. The van der Waals surface area contributed by atoms with E-state index < -0.39 is 0 Å². The van der Waals surface area contributed by atoms with Crippen LogP contribution in [0.5, 0.6) is 0 Å². The zero-order valence-electron chi connectivity index (χ0n) is 8.56. The van der Waals surface area contributed by atoms with Crippen molar-refractivity contribution in [2.45, 2.75) is 25.4 Å².